The second-order valence-corrected chi connectivity index (χ2v) is 5.35. The van der Waals surface area contributed by atoms with E-state index in [1.807, 2.05) is 4.90 Å². The maximum atomic E-state index is 12.2. The normalized spacial score (nSPS) is 18.6. The first-order chi connectivity index (χ1) is 13.3. The minimum Gasteiger partial charge on any atom is -0.462 e. The molecule has 6 heteroatoms. The zero-order chi connectivity index (χ0) is 22.5. The van der Waals surface area contributed by atoms with Crippen LogP contribution in [0.4, 0.5) is 5.69 Å². The largest absolute Gasteiger partial charge is 0.462 e. The Balaban J connectivity index is 2.87. The Morgan fingerprint density at radius 3 is 2.41 bits per heavy atom. The van der Waals surface area contributed by atoms with Crippen LogP contribution >= 0.6 is 23.2 Å². The smallest absolute Gasteiger partial charge is 0.323 e. The van der Waals surface area contributed by atoms with Crippen molar-refractivity contribution in [2.75, 3.05) is 29.7 Å². The number of nitrogens with zero attached hydrogens (tertiary/aromatic N) is 1. The average Bonchev–Trinajstić information content (AvgIpc) is 2.60. The Bertz CT molecular complexity index is 649. The predicted molar refractivity (Wildman–Crippen MR) is 93.0 cm³/mol. The number of carbonyl (C=O) groups excluding carboxylic acids is 1. The number of alkyl halides is 2. The standard InChI is InChI=1S/C16H24Cl2N2O2/c1-12(2)22-16(21)15(19)11-13-3-5-14(6-4-13)20(9-7-17)10-8-18/h3-6,12,15H,7-11,19H2,1-2H3/t15-/m0/s1/i1D3,2D3,12D. The van der Waals surface area contributed by atoms with E-state index in [0.29, 0.717) is 30.4 Å². The third kappa shape index (κ3) is 6.42. The summed E-state index contributed by atoms with van der Waals surface area (Å²) in [5.41, 5.74) is 7.29. The van der Waals surface area contributed by atoms with Crippen molar-refractivity contribution in [3.63, 3.8) is 0 Å². The van der Waals surface area contributed by atoms with Gasteiger partial charge in [0.2, 0.25) is 0 Å². The van der Waals surface area contributed by atoms with Crippen LogP contribution in [0.1, 0.15) is 28.9 Å². The molecular weight excluding hydrogens is 323 g/mol. The quantitative estimate of drug-likeness (QED) is 0.547. The summed E-state index contributed by atoms with van der Waals surface area (Å²) < 4.78 is 55.9. The van der Waals surface area contributed by atoms with E-state index in [4.69, 9.17) is 38.5 Å². The van der Waals surface area contributed by atoms with E-state index in [9.17, 15) is 4.79 Å². The molecule has 0 radical (unpaired) electrons. The zero-order valence-corrected chi connectivity index (χ0v) is 13.5. The van der Waals surface area contributed by atoms with Gasteiger partial charge in [0.25, 0.3) is 0 Å². The summed E-state index contributed by atoms with van der Waals surface area (Å²) in [6, 6.07) is 5.70. The number of rotatable bonds is 9. The van der Waals surface area contributed by atoms with Crippen molar-refractivity contribution in [3.8, 4) is 0 Å². The van der Waals surface area contributed by atoms with Crippen LogP contribution in [-0.2, 0) is 16.0 Å². The molecule has 0 bridgehead atoms. The second-order valence-electron chi connectivity index (χ2n) is 4.59. The summed E-state index contributed by atoms with van der Waals surface area (Å²) in [6.07, 6.45) is -3.43. The summed E-state index contributed by atoms with van der Waals surface area (Å²) in [5, 5.41) is 0. The third-order valence-corrected chi connectivity index (χ3v) is 3.31. The molecule has 2 N–H and O–H groups in total. The molecule has 1 rings (SSSR count). The molecule has 0 aromatic heterocycles. The number of esters is 1. The highest BCUT2D eigenvalue weighted by Crippen LogP contribution is 2.16. The Labute approximate surface area is 152 Å². The highest BCUT2D eigenvalue weighted by atomic mass is 35.5. The summed E-state index contributed by atoms with van der Waals surface area (Å²) in [7, 11) is 0. The Morgan fingerprint density at radius 1 is 1.32 bits per heavy atom. The van der Waals surface area contributed by atoms with E-state index < -0.39 is 31.8 Å². The molecule has 0 heterocycles. The average molecular weight is 354 g/mol. The first-order valence-corrected chi connectivity index (χ1v) is 7.78. The number of halogens is 2. The molecule has 1 aromatic rings. The minimum absolute atomic E-state index is 0.0256. The molecule has 4 nitrogen and oxygen atoms in total. The Hall–Kier alpha value is -0.970. The number of ether oxygens (including phenoxy) is 1. The van der Waals surface area contributed by atoms with Gasteiger partial charge in [-0.3, -0.25) is 4.79 Å². The summed E-state index contributed by atoms with van der Waals surface area (Å²) in [6.45, 7) is -5.53. The van der Waals surface area contributed by atoms with Crippen molar-refractivity contribution < 1.29 is 19.1 Å². The third-order valence-electron chi connectivity index (χ3n) is 2.97. The lowest BCUT2D eigenvalue weighted by molar-refractivity contribution is -0.148. The van der Waals surface area contributed by atoms with E-state index in [0.717, 1.165) is 5.69 Å². The minimum atomic E-state index is -3.40. The van der Waals surface area contributed by atoms with Crippen LogP contribution < -0.4 is 10.6 Å². The van der Waals surface area contributed by atoms with Crippen LogP contribution in [0.25, 0.3) is 0 Å². The molecule has 1 aromatic carbocycles. The number of nitrogens with two attached hydrogens (primary N) is 1. The van der Waals surface area contributed by atoms with Crippen molar-refractivity contribution in [3.05, 3.63) is 29.8 Å². The van der Waals surface area contributed by atoms with Gasteiger partial charge in [0.1, 0.15) is 6.04 Å². The van der Waals surface area contributed by atoms with Crippen LogP contribution in [0.3, 0.4) is 0 Å². The fraction of sp³-hybridized carbons (Fsp3) is 0.562. The molecule has 0 spiro atoms. The number of anilines is 1. The molecule has 0 unspecified atom stereocenters. The van der Waals surface area contributed by atoms with Gasteiger partial charge in [-0.05, 0) is 37.8 Å². The lowest BCUT2D eigenvalue weighted by Crippen LogP contribution is -2.35. The molecule has 0 aliphatic heterocycles. The Morgan fingerprint density at radius 2 is 1.91 bits per heavy atom. The summed E-state index contributed by atoms with van der Waals surface area (Å²) in [4.78, 5) is 14.2. The van der Waals surface area contributed by atoms with Gasteiger partial charge in [-0.2, -0.15) is 0 Å². The van der Waals surface area contributed by atoms with Gasteiger partial charge in [-0.25, -0.2) is 0 Å². The van der Waals surface area contributed by atoms with E-state index >= 15 is 0 Å². The molecule has 0 amide bonds. The van der Waals surface area contributed by atoms with Gasteiger partial charge in [0.05, 0.1) is 7.45 Å². The molecule has 0 aliphatic carbocycles. The second kappa shape index (κ2) is 9.93. The summed E-state index contributed by atoms with van der Waals surface area (Å²) >= 11 is 11.6. The molecule has 124 valence electrons. The van der Waals surface area contributed by atoms with Gasteiger partial charge >= 0.3 is 5.97 Å². The topological polar surface area (TPSA) is 55.6 Å². The van der Waals surface area contributed by atoms with E-state index in [1.165, 1.54) is 0 Å². The fourth-order valence-corrected chi connectivity index (χ4v) is 2.34. The van der Waals surface area contributed by atoms with E-state index in [-0.39, 0.29) is 6.42 Å². The molecule has 0 saturated carbocycles. The maximum Gasteiger partial charge on any atom is 0.323 e. The zero-order valence-electron chi connectivity index (χ0n) is 19.0. The van der Waals surface area contributed by atoms with Crippen molar-refractivity contribution in [2.24, 2.45) is 5.73 Å². The van der Waals surface area contributed by atoms with Crippen LogP contribution in [0.2, 0.25) is 0 Å². The Kier molecular flexibility index (Phi) is 4.85. The van der Waals surface area contributed by atoms with Crippen LogP contribution in [0, 0.1) is 0 Å². The van der Waals surface area contributed by atoms with Crippen LogP contribution in [0.5, 0.6) is 0 Å². The summed E-state index contributed by atoms with van der Waals surface area (Å²) in [5.74, 6) is -0.420. The van der Waals surface area contributed by atoms with Gasteiger partial charge in [0.15, 0.2) is 0 Å². The first-order valence-electron chi connectivity index (χ1n) is 10.2. The molecule has 22 heavy (non-hydrogen) atoms. The molecule has 0 saturated heterocycles. The number of hydrogen-bond acceptors (Lipinski definition) is 4. The number of hydrogen-bond donors (Lipinski definition) is 1. The predicted octanol–water partition coefficient (Wildman–Crippen LogP) is 2.79. The molecule has 0 fully saturated rings. The lowest BCUT2D eigenvalue weighted by Gasteiger charge is -2.23. The van der Waals surface area contributed by atoms with Gasteiger partial charge in [0, 0.05) is 38.8 Å². The van der Waals surface area contributed by atoms with Gasteiger partial charge < -0.3 is 15.4 Å². The van der Waals surface area contributed by atoms with Crippen molar-refractivity contribution in [2.45, 2.75) is 32.2 Å². The van der Waals surface area contributed by atoms with E-state index in [2.05, 4.69) is 4.74 Å². The van der Waals surface area contributed by atoms with Gasteiger partial charge in [-0.1, -0.05) is 12.1 Å². The van der Waals surface area contributed by atoms with Crippen molar-refractivity contribution >= 4 is 34.9 Å². The highest BCUT2D eigenvalue weighted by Gasteiger charge is 2.17. The van der Waals surface area contributed by atoms with Crippen LogP contribution in [0.15, 0.2) is 24.3 Å². The van der Waals surface area contributed by atoms with Crippen LogP contribution in [-0.4, -0.2) is 42.9 Å². The maximum absolute atomic E-state index is 12.2. The molecular formula is C16H24Cl2N2O2. The highest BCUT2D eigenvalue weighted by molar-refractivity contribution is 6.18. The molecule has 1 atom stereocenters. The molecule has 0 aliphatic rings. The van der Waals surface area contributed by atoms with Crippen molar-refractivity contribution in [1.29, 1.82) is 0 Å². The fourth-order valence-electron chi connectivity index (χ4n) is 1.93. The van der Waals surface area contributed by atoms with Gasteiger partial charge in [-0.15, -0.1) is 23.2 Å². The number of benzene rings is 1. The monoisotopic (exact) mass is 353 g/mol. The lowest BCUT2D eigenvalue weighted by atomic mass is 10.1. The van der Waals surface area contributed by atoms with E-state index in [1.54, 1.807) is 24.3 Å². The number of carbonyl (C=O) groups is 1. The first kappa shape index (κ1) is 10.7. The SMILES string of the molecule is [2H]C([2H])([2H])C([2H])(OC(=O)[C@@H](N)Cc1ccc(N(CCCl)CCCl)cc1)C([2H])([2H])[2H]. The van der Waals surface area contributed by atoms with Crippen molar-refractivity contribution in [1.82, 2.24) is 0 Å².